The van der Waals surface area contributed by atoms with Gasteiger partial charge >= 0.3 is 76.2 Å². The maximum atomic E-state index is 5.42. The van der Waals surface area contributed by atoms with Gasteiger partial charge in [0.05, 0.1) is 0 Å². The molecule has 0 aromatic heterocycles. The molecule has 0 saturated carbocycles. The van der Waals surface area contributed by atoms with Crippen molar-refractivity contribution >= 4 is 15.9 Å². The molecule has 0 heterocycles. The van der Waals surface area contributed by atoms with Crippen LogP contribution in [0, 0.1) is 0 Å². The monoisotopic (exact) mass is 173 g/mol. The van der Waals surface area contributed by atoms with Gasteiger partial charge in [0.1, 0.15) is 0 Å². The second-order valence-corrected chi connectivity index (χ2v) is 3.54. The topological polar surface area (TPSA) is 18.5 Å². The van der Waals surface area contributed by atoms with Gasteiger partial charge in [-0.2, -0.15) is 0 Å². The molecule has 0 amide bonds. The van der Waals surface area contributed by atoms with Gasteiger partial charge in [-0.3, -0.25) is 0 Å². The molecule has 0 N–H and O–H groups in total. The normalized spacial score (nSPS) is 15.6. The fourth-order valence-electron chi connectivity index (χ4n) is 0.414. The molecule has 0 aliphatic heterocycles. The third-order valence-electron chi connectivity index (χ3n) is 1.73. The zero-order chi connectivity index (χ0) is 8.69. The number of hydrogen-bond donors (Lipinski definition) is 0. The van der Waals surface area contributed by atoms with Crippen LogP contribution < -0.4 is 0 Å². The van der Waals surface area contributed by atoms with Crippen LogP contribution in [-0.2, 0) is 7.58 Å². The first-order chi connectivity index (χ1) is 5.20. The Labute approximate surface area is 76.7 Å². The third-order valence-corrected chi connectivity index (χ3v) is 2.88. The minimum atomic E-state index is -0.250. The van der Waals surface area contributed by atoms with Crippen molar-refractivity contribution in [3.8, 4) is 0 Å². The molecule has 0 aromatic carbocycles. The first-order valence-corrected chi connectivity index (χ1v) is 5.27. The summed E-state index contributed by atoms with van der Waals surface area (Å²) in [4.78, 5) is 0. The molecule has 0 aromatic rings. The standard InChI is InChI=1S/2C4H9O.Al/c2*1-3-4(2)5;/h2*4H,3H2,1-2H3;/q2*-1;+3. The van der Waals surface area contributed by atoms with E-state index in [0.29, 0.717) is 12.2 Å². The van der Waals surface area contributed by atoms with Crippen molar-refractivity contribution in [1.29, 1.82) is 0 Å². The van der Waals surface area contributed by atoms with E-state index in [4.69, 9.17) is 7.58 Å². The van der Waals surface area contributed by atoms with Crippen LogP contribution >= 0.6 is 0 Å². The van der Waals surface area contributed by atoms with Crippen molar-refractivity contribution in [2.45, 2.75) is 52.7 Å². The van der Waals surface area contributed by atoms with Crippen molar-refractivity contribution in [2.24, 2.45) is 0 Å². The Bertz CT molecular complexity index is 78.2. The van der Waals surface area contributed by atoms with Gasteiger partial charge in [0.2, 0.25) is 0 Å². The Morgan fingerprint density at radius 2 is 1.36 bits per heavy atom. The fraction of sp³-hybridized carbons (Fsp3) is 1.00. The van der Waals surface area contributed by atoms with Gasteiger partial charge in [0.15, 0.2) is 0 Å². The molecule has 64 valence electrons. The van der Waals surface area contributed by atoms with Crippen LogP contribution in [0.2, 0.25) is 0 Å². The van der Waals surface area contributed by atoms with E-state index >= 15 is 0 Å². The molecule has 0 rings (SSSR count). The van der Waals surface area contributed by atoms with E-state index in [9.17, 15) is 0 Å². The van der Waals surface area contributed by atoms with Crippen molar-refractivity contribution in [2.75, 3.05) is 0 Å². The molecule has 0 saturated heterocycles. The first-order valence-electron chi connectivity index (χ1n) is 4.33. The van der Waals surface area contributed by atoms with E-state index in [0.717, 1.165) is 12.8 Å². The van der Waals surface area contributed by atoms with Crippen molar-refractivity contribution in [3.05, 3.63) is 0 Å². The maximum absolute atomic E-state index is 5.42. The molecule has 11 heavy (non-hydrogen) atoms. The molecule has 0 aliphatic carbocycles. The van der Waals surface area contributed by atoms with Crippen molar-refractivity contribution in [1.82, 2.24) is 0 Å². The Balaban J connectivity index is 3.13. The van der Waals surface area contributed by atoms with Crippen LogP contribution in [-0.4, -0.2) is 28.1 Å². The first kappa shape index (κ1) is 11.5. The molecule has 0 aliphatic rings. The van der Waals surface area contributed by atoms with Gasteiger partial charge in [0.25, 0.3) is 0 Å². The summed E-state index contributed by atoms with van der Waals surface area (Å²) < 4.78 is 10.8. The molecule has 2 nitrogen and oxygen atoms in total. The number of hydrogen-bond acceptors (Lipinski definition) is 2. The van der Waals surface area contributed by atoms with Gasteiger partial charge in [0, 0.05) is 0 Å². The average molecular weight is 173 g/mol. The average Bonchev–Trinajstić information content (AvgIpc) is 2.04. The second-order valence-electron chi connectivity index (χ2n) is 2.81. The third kappa shape index (κ3) is 6.84. The summed E-state index contributed by atoms with van der Waals surface area (Å²) in [5.41, 5.74) is 0. The Kier molecular flexibility index (Phi) is 7.41. The van der Waals surface area contributed by atoms with Gasteiger partial charge in [-0.25, -0.2) is 0 Å². The number of rotatable bonds is 6. The molecule has 0 bridgehead atoms. The molecule has 2 unspecified atom stereocenters. The molecule has 0 spiro atoms. The predicted octanol–water partition coefficient (Wildman–Crippen LogP) is 2.15. The van der Waals surface area contributed by atoms with E-state index < -0.39 is 0 Å². The molecule has 2 atom stereocenters. The van der Waals surface area contributed by atoms with Crippen LogP contribution in [0.15, 0.2) is 0 Å². The van der Waals surface area contributed by atoms with Crippen molar-refractivity contribution < 1.29 is 7.58 Å². The van der Waals surface area contributed by atoms with Gasteiger partial charge in [-0.05, 0) is 0 Å². The molecule has 3 heteroatoms. The summed E-state index contributed by atoms with van der Waals surface area (Å²) in [6.45, 7) is 8.39. The predicted molar refractivity (Wildman–Crippen MR) is 47.4 cm³/mol. The van der Waals surface area contributed by atoms with Crippen LogP contribution in [0.1, 0.15) is 40.5 Å². The van der Waals surface area contributed by atoms with Gasteiger partial charge < -0.3 is 0 Å². The second kappa shape index (κ2) is 7.12. The summed E-state index contributed by atoms with van der Waals surface area (Å²) in [6.07, 6.45) is 2.84. The minimum absolute atomic E-state index is 0.250. The SMILES string of the molecule is CCC(C)[O][Al+][O]C(C)CC. The van der Waals surface area contributed by atoms with Gasteiger partial charge in [-0.1, -0.05) is 0 Å². The van der Waals surface area contributed by atoms with Crippen LogP contribution in [0.4, 0.5) is 0 Å². The van der Waals surface area contributed by atoms with E-state index in [1.807, 2.05) is 0 Å². The van der Waals surface area contributed by atoms with Crippen LogP contribution in [0.5, 0.6) is 0 Å². The van der Waals surface area contributed by atoms with Crippen LogP contribution in [0.25, 0.3) is 0 Å². The summed E-state index contributed by atoms with van der Waals surface area (Å²) in [6, 6.07) is 0. The quantitative estimate of drug-likeness (QED) is 0.573. The zero-order valence-corrected chi connectivity index (χ0v) is 9.12. The van der Waals surface area contributed by atoms with E-state index in [1.54, 1.807) is 0 Å². The van der Waals surface area contributed by atoms with E-state index in [2.05, 4.69) is 27.7 Å². The molecule has 0 radical (unpaired) electrons. The summed E-state index contributed by atoms with van der Waals surface area (Å²) in [7, 11) is 0. The Morgan fingerprint density at radius 3 is 1.64 bits per heavy atom. The van der Waals surface area contributed by atoms with E-state index in [1.165, 1.54) is 0 Å². The Morgan fingerprint density at radius 1 is 1.00 bits per heavy atom. The van der Waals surface area contributed by atoms with Gasteiger partial charge in [-0.15, -0.1) is 0 Å². The molecular formula is C8H18AlO2+. The molecular weight excluding hydrogens is 155 g/mol. The summed E-state index contributed by atoms with van der Waals surface area (Å²) in [5.74, 6) is 0. The zero-order valence-electron chi connectivity index (χ0n) is 7.96. The fourth-order valence-corrected chi connectivity index (χ4v) is 1.24. The summed E-state index contributed by atoms with van der Waals surface area (Å²) in [5, 5.41) is 0. The van der Waals surface area contributed by atoms with Crippen molar-refractivity contribution in [3.63, 3.8) is 0 Å². The van der Waals surface area contributed by atoms with Crippen LogP contribution in [0.3, 0.4) is 0 Å². The molecule has 0 fully saturated rings. The Hall–Kier alpha value is 0.452. The summed E-state index contributed by atoms with van der Waals surface area (Å²) >= 11 is -0.250. The van der Waals surface area contributed by atoms with E-state index in [-0.39, 0.29) is 15.9 Å².